The third kappa shape index (κ3) is 3.40. The summed E-state index contributed by atoms with van der Waals surface area (Å²) in [5.74, 6) is -0.721. The quantitative estimate of drug-likeness (QED) is 0.176. The normalized spacial score (nSPS) is 29.8. The van der Waals surface area contributed by atoms with Gasteiger partial charge in [0, 0.05) is 23.9 Å². The number of fused-ring (bicyclic) bond motifs is 1. The monoisotopic (exact) mass is 495 g/mol. The van der Waals surface area contributed by atoms with Gasteiger partial charge in [0.15, 0.2) is 0 Å². The van der Waals surface area contributed by atoms with Crippen molar-refractivity contribution >= 4 is 28.8 Å². The Morgan fingerprint density at radius 1 is 0.973 bits per heavy atom. The average Bonchev–Trinajstić information content (AvgIpc) is 3.66. The molecule has 2 aromatic carbocycles. The molecule has 4 aliphatic carbocycles. The fraction of sp³-hybridized carbons (Fsp3) is 0.333. The van der Waals surface area contributed by atoms with E-state index in [1.807, 2.05) is 37.3 Å². The van der Waals surface area contributed by atoms with Crippen molar-refractivity contribution in [2.75, 3.05) is 0 Å². The maximum Gasteiger partial charge on any atom is 0.336 e. The molecular formula is C30H25NO6. The smallest absolute Gasteiger partial charge is 0.336 e. The minimum atomic E-state index is -1.09. The molecule has 37 heavy (non-hydrogen) atoms. The lowest BCUT2D eigenvalue weighted by atomic mass is 9.63. The first-order chi connectivity index (χ1) is 17.9. The molecule has 7 nitrogen and oxygen atoms in total. The highest BCUT2D eigenvalue weighted by Crippen LogP contribution is 2.65. The Balaban J connectivity index is 1.24. The maximum absolute atomic E-state index is 13.8. The first-order valence-electron chi connectivity index (χ1n) is 12.8. The number of esters is 1. The molecule has 3 aromatic rings. The number of likely N-dealkylation sites (tertiary alicyclic amines) is 1. The van der Waals surface area contributed by atoms with Crippen molar-refractivity contribution in [3.05, 3.63) is 88.3 Å². The van der Waals surface area contributed by atoms with E-state index < -0.39 is 29.5 Å². The van der Waals surface area contributed by atoms with Crippen molar-refractivity contribution in [1.29, 1.82) is 0 Å². The van der Waals surface area contributed by atoms with E-state index in [0.29, 0.717) is 17.4 Å². The molecule has 1 aromatic heterocycles. The van der Waals surface area contributed by atoms with Crippen LogP contribution in [0.2, 0.25) is 0 Å². The molecule has 0 unspecified atom stereocenters. The summed E-state index contributed by atoms with van der Waals surface area (Å²) in [6, 6.07) is 14.4. The predicted molar refractivity (Wildman–Crippen MR) is 133 cm³/mol. The van der Waals surface area contributed by atoms with Crippen molar-refractivity contribution in [2.24, 2.45) is 35.5 Å². The Bertz CT molecular complexity index is 1520. The molecule has 7 heteroatoms. The van der Waals surface area contributed by atoms with Crippen LogP contribution >= 0.6 is 0 Å². The largest absolute Gasteiger partial charge is 0.425 e. The summed E-state index contributed by atoms with van der Waals surface area (Å²) in [6.45, 7) is 1.83. The van der Waals surface area contributed by atoms with Gasteiger partial charge in [-0.2, -0.15) is 0 Å². The lowest BCUT2D eigenvalue weighted by Gasteiger charge is -2.37. The summed E-state index contributed by atoms with van der Waals surface area (Å²) in [4.78, 5) is 54.2. The van der Waals surface area contributed by atoms with E-state index in [9.17, 15) is 19.2 Å². The van der Waals surface area contributed by atoms with Crippen molar-refractivity contribution in [3.8, 4) is 5.75 Å². The van der Waals surface area contributed by atoms with Gasteiger partial charge < -0.3 is 9.15 Å². The Labute approximate surface area is 212 Å². The van der Waals surface area contributed by atoms with Crippen LogP contribution in [0.4, 0.5) is 0 Å². The maximum atomic E-state index is 13.8. The molecule has 2 saturated carbocycles. The number of benzene rings is 2. The minimum absolute atomic E-state index is 0.0703. The first kappa shape index (κ1) is 22.2. The lowest BCUT2D eigenvalue weighted by molar-refractivity contribution is -0.153. The van der Waals surface area contributed by atoms with Crippen LogP contribution in [0.5, 0.6) is 5.75 Å². The zero-order valence-corrected chi connectivity index (χ0v) is 20.2. The fourth-order valence-electron chi connectivity index (χ4n) is 6.97. The van der Waals surface area contributed by atoms with Gasteiger partial charge in [-0.05, 0) is 60.3 Å². The fourth-order valence-corrected chi connectivity index (χ4v) is 6.97. The molecule has 186 valence electrons. The van der Waals surface area contributed by atoms with Gasteiger partial charge in [-0.25, -0.2) is 9.59 Å². The third-order valence-corrected chi connectivity index (χ3v) is 8.69. The van der Waals surface area contributed by atoms with Crippen molar-refractivity contribution < 1.29 is 23.5 Å². The standard InChI is InChI=1S/C30H25NO6/c1-15-11-17(13-24-18(15)9-10-25(32)37-24)36-30(35)23(12-16-5-3-2-4-6-16)31-28(33)26-19-7-8-20(22-14-21(19)22)27(26)29(31)34/h2-11,13,19-23,26-27H,12,14H2,1H3/t19-,20-,21-,22-,23-,26-,27+/m0/s1. The van der Waals surface area contributed by atoms with Crippen molar-refractivity contribution in [2.45, 2.75) is 25.8 Å². The number of carbonyl (C=O) groups is 3. The number of amides is 2. The lowest BCUT2D eigenvalue weighted by Crippen LogP contribution is -2.48. The number of aryl methyl sites for hydroxylation is 1. The zero-order valence-electron chi connectivity index (χ0n) is 20.2. The molecule has 1 aliphatic heterocycles. The van der Waals surface area contributed by atoms with Gasteiger partial charge in [0.1, 0.15) is 17.4 Å². The SMILES string of the molecule is Cc1cc(OC(=O)[C@H](Cc2ccccc2)N2C(=O)[C@@H]3[C@H]4C=C[C@@H]([C@@H]5C[C@@H]45)[C@@H]3C2=O)cc2oc(=O)ccc12. The van der Waals surface area contributed by atoms with Crippen LogP contribution < -0.4 is 10.4 Å². The second-order valence-corrected chi connectivity index (χ2v) is 10.7. The van der Waals surface area contributed by atoms with Crippen LogP contribution in [0.1, 0.15) is 17.5 Å². The zero-order chi connectivity index (χ0) is 25.4. The van der Waals surface area contributed by atoms with E-state index in [1.165, 1.54) is 17.0 Å². The first-order valence-corrected chi connectivity index (χ1v) is 12.8. The van der Waals surface area contributed by atoms with Crippen LogP contribution in [0, 0.1) is 42.4 Å². The summed E-state index contributed by atoms with van der Waals surface area (Å²) in [7, 11) is 0. The van der Waals surface area contributed by atoms with Crippen LogP contribution in [-0.2, 0) is 20.8 Å². The topological polar surface area (TPSA) is 93.9 Å². The van der Waals surface area contributed by atoms with Crippen LogP contribution in [-0.4, -0.2) is 28.7 Å². The highest BCUT2D eigenvalue weighted by atomic mass is 16.5. The molecule has 0 N–H and O–H groups in total. The summed E-state index contributed by atoms with van der Waals surface area (Å²) < 4.78 is 11.1. The van der Waals surface area contributed by atoms with E-state index in [0.717, 1.165) is 22.9 Å². The summed E-state index contributed by atoms with van der Waals surface area (Å²) in [6.07, 6.45) is 5.46. The second kappa shape index (κ2) is 8.00. The molecular weight excluding hydrogens is 470 g/mol. The van der Waals surface area contributed by atoms with Gasteiger partial charge in [-0.3, -0.25) is 14.5 Å². The number of ether oxygens (including phenoxy) is 1. The van der Waals surface area contributed by atoms with E-state index in [2.05, 4.69) is 12.2 Å². The molecule has 1 saturated heterocycles. The molecule has 2 amide bonds. The van der Waals surface area contributed by atoms with Crippen molar-refractivity contribution in [1.82, 2.24) is 4.90 Å². The highest BCUT2D eigenvalue weighted by Gasteiger charge is 2.68. The molecule has 3 fully saturated rings. The Morgan fingerprint density at radius 3 is 2.32 bits per heavy atom. The number of hydrogen-bond donors (Lipinski definition) is 0. The van der Waals surface area contributed by atoms with Crippen molar-refractivity contribution in [3.63, 3.8) is 0 Å². The van der Waals surface area contributed by atoms with E-state index >= 15 is 0 Å². The van der Waals surface area contributed by atoms with Crippen LogP contribution in [0.3, 0.4) is 0 Å². The van der Waals surface area contributed by atoms with E-state index in [-0.39, 0.29) is 35.8 Å². The minimum Gasteiger partial charge on any atom is -0.425 e. The van der Waals surface area contributed by atoms with Gasteiger partial charge in [0.25, 0.3) is 0 Å². The summed E-state index contributed by atoms with van der Waals surface area (Å²) >= 11 is 0. The van der Waals surface area contributed by atoms with Gasteiger partial charge in [-0.15, -0.1) is 0 Å². The number of carbonyl (C=O) groups excluding carboxylic acids is 3. The number of nitrogens with zero attached hydrogens (tertiary/aromatic N) is 1. The number of allylic oxidation sites excluding steroid dienone is 2. The van der Waals surface area contributed by atoms with Gasteiger partial charge in [0.2, 0.25) is 11.8 Å². The molecule has 7 atom stereocenters. The predicted octanol–water partition coefficient (Wildman–Crippen LogP) is 3.67. The number of rotatable bonds is 5. The Hall–Kier alpha value is -4.00. The van der Waals surface area contributed by atoms with Gasteiger partial charge in [0.05, 0.1) is 11.8 Å². The molecule has 2 heterocycles. The van der Waals surface area contributed by atoms with Gasteiger partial charge >= 0.3 is 11.6 Å². The summed E-state index contributed by atoms with van der Waals surface area (Å²) in [5.41, 5.74) is 1.39. The third-order valence-electron chi connectivity index (χ3n) is 8.69. The molecule has 2 bridgehead atoms. The second-order valence-electron chi connectivity index (χ2n) is 10.7. The van der Waals surface area contributed by atoms with E-state index in [1.54, 1.807) is 12.1 Å². The van der Waals surface area contributed by atoms with E-state index in [4.69, 9.17) is 9.15 Å². The highest BCUT2D eigenvalue weighted by molar-refractivity contribution is 6.09. The molecule has 0 radical (unpaired) electrons. The van der Waals surface area contributed by atoms with Crippen LogP contribution in [0.25, 0.3) is 11.0 Å². The number of imide groups is 1. The Morgan fingerprint density at radius 2 is 1.65 bits per heavy atom. The Kier molecular flexibility index (Phi) is 4.80. The summed E-state index contributed by atoms with van der Waals surface area (Å²) in [5, 5.41) is 0.732. The van der Waals surface area contributed by atoms with Gasteiger partial charge in [-0.1, -0.05) is 42.5 Å². The average molecular weight is 496 g/mol. The van der Waals surface area contributed by atoms with Crippen LogP contribution in [0.15, 0.2) is 76.0 Å². The number of hydrogen-bond acceptors (Lipinski definition) is 6. The molecule has 0 spiro atoms. The molecule has 8 rings (SSSR count). The molecule has 5 aliphatic rings.